The van der Waals surface area contributed by atoms with Gasteiger partial charge >= 0.3 is 47.8 Å². The van der Waals surface area contributed by atoms with Crippen LogP contribution in [0.3, 0.4) is 0 Å². The van der Waals surface area contributed by atoms with Gasteiger partial charge in [0.15, 0.2) is 0 Å². The molecule has 0 radical (unpaired) electrons. The van der Waals surface area contributed by atoms with Crippen LogP contribution in [0.2, 0.25) is 0 Å². The maximum atomic E-state index is 13.8. The number of hydrogen-bond donors (Lipinski definition) is 0. The van der Waals surface area contributed by atoms with Crippen LogP contribution < -0.4 is 0 Å². The van der Waals surface area contributed by atoms with Gasteiger partial charge in [0, 0.05) is 38.5 Å². The molecule has 10 atom stereocenters. The van der Waals surface area contributed by atoms with Crippen molar-refractivity contribution in [2.24, 2.45) is 64.6 Å². The SMILES string of the molecule is C.C.C.C.C.C.C.C.C.C.C.CCCC(CC)C(C)(C)C(CC)CCC.CCCC(CC)C(CC)CCC.CCCC(CC)COC(=O)CCCCCOC(=O)CCCC(CCC(CCCC(=O)OCCCCCC(=O)OCC(CC)CCC)C(=O)OCCCCCC(=O)OCC(CC)CCC)C(=O)OCCCCCC(=O)OCC(CC)CCC. The summed E-state index contributed by atoms with van der Waals surface area (Å²) in [6.07, 6.45) is 39.7. The average molecular weight is 1730 g/mol. The highest BCUT2D eigenvalue weighted by molar-refractivity contribution is 5.75. The second kappa shape index (κ2) is 104. The van der Waals surface area contributed by atoms with E-state index in [-0.39, 0.29) is 170 Å². The average Bonchev–Trinajstić information content (AvgIpc) is 0.835. The molecule has 0 aromatic carbocycles. The van der Waals surface area contributed by atoms with E-state index in [1.807, 2.05) is 0 Å². The van der Waals surface area contributed by atoms with Crippen molar-refractivity contribution < 1.29 is 76.3 Å². The van der Waals surface area contributed by atoms with E-state index in [0.29, 0.717) is 184 Å². The summed E-state index contributed by atoms with van der Waals surface area (Å²) in [5, 5.41) is 0. The number of hydrogen-bond acceptors (Lipinski definition) is 16. The minimum absolute atomic E-state index is 0. The first-order valence-electron chi connectivity index (χ1n) is 45.8. The van der Waals surface area contributed by atoms with Crippen LogP contribution in [-0.4, -0.2) is 101 Å². The fourth-order valence-electron chi connectivity index (χ4n) is 15.3. The Labute approximate surface area is 752 Å². The first-order chi connectivity index (χ1) is 52.5. The zero-order valence-corrected chi connectivity index (χ0v) is 74.4. The number of unbranched alkanes of at least 4 members (excludes halogenated alkanes) is 8. The zero-order chi connectivity index (χ0) is 82.1. The van der Waals surface area contributed by atoms with Crippen LogP contribution in [0.4, 0.5) is 0 Å². The molecular weight excluding hydrogens is 1510 g/mol. The molecule has 0 heterocycles. The van der Waals surface area contributed by atoms with E-state index >= 15 is 0 Å². The Balaban J connectivity index is -0.000000209. The molecule has 0 bridgehead atoms. The minimum Gasteiger partial charge on any atom is -0.466 e. The molecule has 0 saturated heterocycles. The van der Waals surface area contributed by atoms with Gasteiger partial charge < -0.3 is 37.9 Å². The van der Waals surface area contributed by atoms with Gasteiger partial charge in [-0.2, -0.15) is 0 Å². The van der Waals surface area contributed by atoms with Gasteiger partial charge in [-0.3, -0.25) is 38.4 Å². The molecule has 0 aliphatic heterocycles. The largest absolute Gasteiger partial charge is 0.466 e. The third-order valence-corrected chi connectivity index (χ3v) is 22.9. The van der Waals surface area contributed by atoms with E-state index in [9.17, 15) is 38.4 Å². The lowest BCUT2D eigenvalue weighted by molar-refractivity contribution is -0.153. The molecule has 120 heavy (non-hydrogen) atoms. The summed E-state index contributed by atoms with van der Waals surface area (Å²) in [6, 6.07) is 0. The third kappa shape index (κ3) is 82.1. The summed E-state index contributed by atoms with van der Waals surface area (Å²) >= 11 is 0. The molecule has 0 spiro atoms. The first kappa shape index (κ1) is 147. The molecule has 0 fully saturated rings. The molecular formula is C104H220O16. The maximum Gasteiger partial charge on any atom is 0.308 e. The van der Waals surface area contributed by atoms with Crippen molar-refractivity contribution in [2.75, 3.05) is 52.9 Å². The molecule has 0 amide bonds. The van der Waals surface area contributed by atoms with Gasteiger partial charge in [0.1, 0.15) is 0 Å². The summed E-state index contributed by atoms with van der Waals surface area (Å²) in [5.41, 5.74) is 0.537. The number of carbonyl (C=O) groups excluding carboxylic acids is 8. The van der Waals surface area contributed by atoms with Gasteiger partial charge in [0.25, 0.3) is 0 Å². The predicted octanol–water partition coefficient (Wildman–Crippen LogP) is 32.5. The molecule has 10 unspecified atom stereocenters. The van der Waals surface area contributed by atoms with Crippen LogP contribution in [0.5, 0.6) is 0 Å². The lowest BCUT2D eigenvalue weighted by Gasteiger charge is -2.41. The van der Waals surface area contributed by atoms with Crippen molar-refractivity contribution in [1.29, 1.82) is 0 Å². The van der Waals surface area contributed by atoms with Crippen molar-refractivity contribution in [2.45, 2.75) is 515 Å². The predicted molar refractivity (Wildman–Crippen MR) is 523 cm³/mol. The first-order valence-corrected chi connectivity index (χ1v) is 45.8. The fourth-order valence-corrected chi connectivity index (χ4v) is 15.3. The Morgan fingerprint density at radius 2 is 0.433 bits per heavy atom. The second-order valence-electron chi connectivity index (χ2n) is 32.3. The van der Waals surface area contributed by atoms with E-state index in [1.54, 1.807) is 0 Å². The van der Waals surface area contributed by atoms with Crippen LogP contribution in [0, 0.1) is 64.6 Å². The highest BCUT2D eigenvalue weighted by atomic mass is 16.6. The van der Waals surface area contributed by atoms with E-state index in [4.69, 9.17) is 37.9 Å². The molecule has 0 aliphatic rings. The molecule has 0 aliphatic carbocycles. The maximum absolute atomic E-state index is 13.8. The van der Waals surface area contributed by atoms with Crippen molar-refractivity contribution in [1.82, 2.24) is 0 Å². The topological polar surface area (TPSA) is 210 Å². The molecule has 0 aromatic heterocycles. The van der Waals surface area contributed by atoms with E-state index < -0.39 is 23.8 Å². The highest BCUT2D eigenvalue weighted by Gasteiger charge is 2.34. The Kier molecular flexibility index (Phi) is 127. The fraction of sp³-hybridized carbons (Fsp3) is 0.923. The summed E-state index contributed by atoms with van der Waals surface area (Å²) in [4.78, 5) is 102. The van der Waals surface area contributed by atoms with Gasteiger partial charge in [-0.15, -0.1) is 0 Å². The normalized spacial score (nSPS) is 12.8. The van der Waals surface area contributed by atoms with Gasteiger partial charge in [0.05, 0.1) is 64.7 Å². The smallest absolute Gasteiger partial charge is 0.308 e. The van der Waals surface area contributed by atoms with Crippen molar-refractivity contribution >= 4 is 47.8 Å². The Hall–Kier alpha value is -4.24. The quantitative estimate of drug-likeness (QED) is 0.0315. The molecule has 732 valence electrons. The van der Waals surface area contributed by atoms with Gasteiger partial charge in [-0.1, -0.05) is 335 Å². The number of ether oxygens (including phenoxy) is 8. The molecule has 0 N–H and O–H groups in total. The summed E-state index contributed by atoms with van der Waals surface area (Å²) in [6.45, 7) is 43.1. The number of rotatable bonds is 72. The van der Waals surface area contributed by atoms with Crippen LogP contribution in [0.1, 0.15) is 515 Å². The Morgan fingerprint density at radius 3 is 0.642 bits per heavy atom. The zero-order valence-electron chi connectivity index (χ0n) is 74.4. The molecule has 0 aromatic rings. The van der Waals surface area contributed by atoms with Crippen LogP contribution in [-0.2, 0) is 76.3 Å². The van der Waals surface area contributed by atoms with Crippen molar-refractivity contribution in [3.63, 3.8) is 0 Å². The number of carbonyl (C=O) groups is 8. The van der Waals surface area contributed by atoms with E-state index in [0.717, 1.165) is 101 Å². The standard InChI is InChI=1S/C66H118O16.C15H32.C12H26.11CH4/c1-9-31-53(13-5)49-79-61(69)37-21-17-25-45-75-59(67)41-29-35-57(65(73)77-47-27-19-23-39-63(71)81-51-55(15-7)33-11-3)43-44-58(66(74)78-48-28-20-24-40-64(72)82-52-56(16-8)34-12-4)36-30-42-60(68)76-46-26-18-22-38-62(70)80-50-54(14-6)32-10-2;1-7-11-13(9-3)15(5,6)14(10-4)12-8-2;1-5-9-11(7-3)12(8-4)10-6-2;;;;;;;;;;;/h53-58H,9-52H2,1-8H3;13-14H,7-12H2,1-6H3;11-12H,5-10H2,1-4H3;11*1H4. The van der Waals surface area contributed by atoms with Crippen LogP contribution >= 0.6 is 0 Å². The van der Waals surface area contributed by atoms with Gasteiger partial charge in [0.2, 0.25) is 0 Å². The van der Waals surface area contributed by atoms with Gasteiger partial charge in [-0.05, 0) is 194 Å². The lowest BCUT2D eigenvalue weighted by atomic mass is 9.65. The van der Waals surface area contributed by atoms with Crippen LogP contribution in [0.25, 0.3) is 0 Å². The summed E-state index contributed by atoms with van der Waals surface area (Å²) in [5.74, 6) is 1.62. The minimum atomic E-state index is -0.627. The monoisotopic (exact) mass is 1730 g/mol. The molecule has 16 heteroatoms. The van der Waals surface area contributed by atoms with Crippen LogP contribution in [0.15, 0.2) is 0 Å². The second-order valence-corrected chi connectivity index (χ2v) is 32.3. The summed E-state index contributed by atoms with van der Waals surface area (Å²) in [7, 11) is 0. The van der Waals surface area contributed by atoms with E-state index in [2.05, 4.69) is 125 Å². The Bertz CT molecular complexity index is 2020. The molecule has 16 nitrogen and oxygen atoms in total. The molecule has 0 rings (SSSR count). The van der Waals surface area contributed by atoms with Crippen molar-refractivity contribution in [3.05, 3.63) is 0 Å². The Morgan fingerprint density at radius 1 is 0.217 bits per heavy atom. The molecule has 0 saturated carbocycles. The van der Waals surface area contributed by atoms with E-state index in [1.165, 1.54) is 77.0 Å². The lowest BCUT2D eigenvalue weighted by Crippen LogP contribution is -2.32. The van der Waals surface area contributed by atoms with Gasteiger partial charge in [-0.25, -0.2) is 0 Å². The summed E-state index contributed by atoms with van der Waals surface area (Å²) < 4.78 is 44.5. The number of esters is 8. The van der Waals surface area contributed by atoms with Crippen molar-refractivity contribution in [3.8, 4) is 0 Å². The third-order valence-electron chi connectivity index (χ3n) is 22.9. The highest BCUT2D eigenvalue weighted by Crippen LogP contribution is 2.43.